The Labute approximate surface area is 295 Å². The van der Waals surface area contributed by atoms with Gasteiger partial charge in [0.2, 0.25) is 0 Å². The number of amides is 2. The molecule has 2 fully saturated rings. The molecule has 0 aliphatic carbocycles. The van der Waals surface area contributed by atoms with Crippen LogP contribution in [-0.4, -0.2) is 54.8 Å². The highest BCUT2D eigenvalue weighted by molar-refractivity contribution is 7.19. The van der Waals surface area contributed by atoms with Crippen LogP contribution in [-0.2, 0) is 11.2 Å². The number of thiophene rings is 1. The summed E-state index contributed by atoms with van der Waals surface area (Å²) in [6.07, 6.45) is 3.74. The average Bonchev–Trinajstić information content (AvgIpc) is 3.47. The van der Waals surface area contributed by atoms with Crippen LogP contribution in [0.15, 0.2) is 97.2 Å². The molecule has 1 atom stereocenters. The Morgan fingerprint density at radius 2 is 1.70 bits per heavy atom. The Balaban J connectivity index is 0.968. The molecule has 5 aromatic rings. The minimum absolute atomic E-state index is 0.103. The van der Waals surface area contributed by atoms with Crippen LogP contribution in [0.25, 0.3) is 10.4 Å². The fourth-order valence-electron chi connectivity index (χ4n) is 7.30. The Kier molecular flexibility index (Phi) is 8.60. The number of nitrogens with zero attached hydrogens (tertiary/aromatic N) is 3. The molecule has 2 amide bonds. The first-order chi connectivity index (χ1) is 24.4. The van der Waals surface area contributed by atoms with Crippen LogP contribution in [0.1, 0.15) is 56.5 Å². The van der Waals surface area contributed by atoms with Gasteiger partial charge in [-0.2, -0.15) is 0 Å². The summed E-state index contributed by atoms with van der Waals surface area (Å²) in [6, 6.07) is 28.6. The first kappa shape index (κ1) is 32.2. The summed E-state index contributed by atoms with van der Waals surface area (Å²) in [6.45, 7) is 5.79. The summed E-state index contributed by atoms with van der Waals surface area (Å²) < 4.78 is 5.57. The van der Waals surface area contributed by atoms with E-state index >= 15 is 0 Å². The number of para-hydroxylation sites is 1. The second kappa shape index (κ2) is 13.4. The van der Waals surface area contributed by atoms with Crippen molar-refractivity contribution in [2.45, 2.75) is 32.4 Å². The topological polar surface area (TPSA) is 107 Å². The molecule has 3 aromatic carbocycles. The number of ether oxygens (including phenoxy) is 1. The van der Waals surface area contributed by atoms with E-state index in [2.05, 4.69) is 26.6 Å². The molecule has 3 aliphatic rings. The van der Waals surface area contributed by atoms with Crippen molar-refractivity contribution in [3.63, 3.8) is 0 Å². The van der Waals surface area contributed by atoms with E-state index in [-0.39, 0.29) is 17.2 Å². The summed E-state index contributed by atoms with van der Waals surface area (Å²) in [4.78, 5) is 37.4. The zero-order valence-corrected chi connectivity index (χ0v) is 28.7. The number of aromatic nitrogens is 1. The lowest BCUT2D eigenvalue weighted by atomic mass is 9.73. The highest BCUT2D eigenvalue weighted by atomic mass is 32.1. The number of anilines is 4. The maximum Gasteiger partial charge on any atom is 0.259 e. The smallest absolute Gasteiger partial charge is 0.259 e. The lowest BCUT2D eigenvalue weighted by molar-refractivity contribution is -0.000510. The van der Waals surface area contributed by atoms with Gasteiger partial charge in [0.25, 0.3) is 11.8 Å². The molecule has 50 heavy (non-hydrogen) atoms. The molecule has 3 N–H and O–H groups in total. The molecule has 1 unspecified atom stereocenters. The summed E-state index contributed by atoms with van der Waals surface area (Å²) in [5, 5.41) is 17.9. The molecule has 1 spiro atoms. The second-order valence-electron chi connectivity index (χ2n) is 13.5. The van der Waals surface area contributed by atoms with Crippen molar-refractivity contribution in [2.75, 3.05) is 53.3 Å². The summed E-state index contributed by atoms with van der Waals surface area (Å²) >= 11 is 1.58. The van der Waals surface area contributed by atoms with Gasteiger partial charge in [0.1, 0.15) is 5.82 Å². The summed E-state index contributed by atoms with van der Waals surface area (Å²) in [5.41, 5.74) is 6.63. The van der Waals surface area contributed by atoms with Crippen LogP contribution >= 0.6 is 11.3 Å². The number of hydrogen-bond donors (Lipinski definition) is 3. The third-order valence-corrected chi connectivity index (χ3v) is 11.2. The molecule has 2 saturated heterocycles. The molecular formula is C40H39N5O4S. The molecule has 0 radical (unpaired) electrons. The normalized spacial score (nSPS) is 16.8. The third kappa shape index (κ3) is 6.26. The second-order valence-corrected chi connectivity index (χ2v) is 14.6. The molecule has 8 rings (SSSR count). The number of aryl methyl sites for hydroxylation is 1. The van der Waals surface area contributed by atoms with Crippen molar-refractivity contribution in [1.29, 1.82) is 0 Å². The highest BCUT2D eigenvalue weighted by Gasteiger charge is 2.45. The number of pyridine rings is 1. The van der Waals surface area contributed by atoms with E-state index in [1.54, 1.807) is 35.6 Å². The number of rotatable bonds is 7. The molecule has 5 heterocycles. The van der Waals surface area contributed by atoms with Gasteiger partial charge in [-0.1, -0.05) is 48.5 Å². The van der Waals surface area contributed by atoms with E-state index in [4.69, 9.17) is 4.74 Å². The fraction of sp³-hybridized carbons (Fsp3) is 0.275. The number of fused-ring (bicyclic) bond motifs is 3. The van der Waals surface area contributed by atoms with Gasteiger partial charge in [0, 0.05) is 71.7 Å². The van der Waals surface area contributed by atoms with E-state index in [0.29, 0.717) is 35.6 Å². The maximum atomic E-state index is 14.0. The molecule has 2 aromatic heterocycles. The number of carbonyl (C=O) groups is 2. The number of benzene rings is 3. The van der Waals surface area contributed by atoms with Gasteiger partial charge in [0.15, 0.2) is 6.23 Å². The van der Waals surface area contributed by atoms with Gasteiger partial charge in [0.05, 0.1) is 16.3 Å². The van der Waals surface area contributed by atoms with E-state index < -0.39 is 6.23 Å². The monoisotopic (exact) mass is 685 g/mol. The SMILES string of the molecule is Cc1cnc(N2CC3(CCOCC3)C2)c(C(=O)Nc2ccc(C(=O)N3CCc4cc(NC(O)c5ccccc5)sc4-c4ccccc43)cc2)c1. The van der Waals surface area contributed by atoms with Gasteiger partial charge in [-0.25, -0.2) is 4.98 Å². The fourth-order valence-corrected chi connectivity index (χ4v) is 8.46. The standard InChI is InChI=1S/C40H39N5O4S/c1-26-21-32(36(41-23-26)44-24-40(25-44)16-19-49-20-17-40)38(47)42-30-13-11-28(12-14-30)39(48)45-18-15-29-22-34(43-37(46)27-7-3-2-4-8-27)50-35(29)31-9-5-6-10-33(31)45/h2-14,21-23,37,43,46H,15-20,24-25H2,1H3,(H,42,47). The van der Waals surface area contributed by atoms with Crippen LogP contribution in [0.2, 0.25) is 0 Å². The highest BCUT2D eigenvalue weighted by Crippen LogP contribution is 2.45. The Bertz CT molecular complexity index is 2030. The van der Waals surface area contributed by atoms with Crippen molar-refractivity contribution in [2.24, 2.45) is 5.41 Å². The average molecular weight is 686 g/mol. The zero-order valence-electron chi connectivity index (χ0n) is 27.9. The predicted octanol–water partition coefficient (Wildman–Crippen LogP) is 7.29. The van der Waals surface area contributed by atoms with Gasteiger partial charge in [-0.05, 0) is 79.8 Å². The first-order valence-corrected chi connectivity index (χ1v) is 17.9. The van der Waals surface area contributed by atoms with E-state index in [0.717, 1.165) is 77.0 Å². The van der Waals surface area contributed by atoms with Crippen LogP contribution in [0.5, 0.6) is 0 Å². The van der Waals surface area contributed by atoms with E-state index in [1.807, 2.05) is 78.7 Å². The van der Waals surface area contributed by atoms with Gasteiger partial charge < -0.3 is 30.3 Å². The largest absolute Gasteiger partial charge is 0.381 e. The molecule has 9 nitrogen and oxygen atoms in total. The quantitative estimate of drug-likeness (QED) is 0.155. The lowest BCUT2D eigenvalue weighted by Crippen LogP contribution is -2.59. The lowest BCUT2D eigenvalue weighted by Gasteiger charge is -2.53. The van der Waals surface area contributed by atoms with Crippen molar-refractivity contribution < 1.29 is 19.4 Å². The Hall–Kier alpha value is -5.03. The van der Waals surface area contributed by atoms with Gasteiger partial charge in [-0.3, -0.25) is 9.59 Å². The van der Waals surface area contributed by atoms with Gasteiger partial charge >= 0.3 is 0 Å². The number of aliphatic hydroxyl groups excluding tert-OH is 1. The number of hydrogen-bond acceptors (Lipinski definition) is 8. The maximum absolute atomic E-state index is 14.0. The number of nitrogens with one attached hydrogen (secondary N) is 2. The van der Waals surface area contributed by atoms with Crippen molar-refractivity contribution in [3.8, 4) is 10.4 Å². The number of carbonyl (C=O) groups excluding carboxylic acids is 2. The minimum atomic E-state index is -0.819. The van der Waals surface area contributed by atoms with Crippen molar-refractivity contribution in [3.05, 3.63) is 125 Å². The molecule has 10 heteroatoms. The van der Waals surface area contributed by atoms with E-state index in [9.17, 15) is 14.7 Å². The molecule has 0 saturated carbocycles. The first-order valence-electron chi connectivity index (χ1n) is 17.1. The van der Waals surface area contributed by atoms with Crippen LogP contribution in [0, 0.1) is 12.3 Å². The molecule has 3 aliphatic heterocycles. The zero-order chi connectivity index (χ0) is 34.2. The molecule has 0 bridgehead atoms. The van der Waals surface area contributed by atoms with Crippen LogP contribution < -0.4 is 20.4 Å². The van der Waals surface area contributed by atoms with Crippen LogP contribution in [0.4, 0.5) is 22.2 Å². The van der Waals surface area contributed by atoms with Gasteiger partial charge in [-0.15, -0.1) is 11.3 Å². The van der Waals surface area contributed by atoms with Crippen LogP contribution in [0.3, 0.4) is 0 Å². The van der Waals surface area contributed by atoms with Crippen molar-refractivity contribution >= 4 is 45.3 Å². The molecule has 254 valence electrons. The van der Waals surface area contributed by atoms with E-state index in [1.165, 1.54) is 0 Å². The predicted molar refractivity (Wildman–Crippen MR) is 198 cm³/mol. The van der Waals surface area contributed by atoms with Crippen molar-refractivity contribution in [1.82, 2.24) is 4.98 Å². The Morgan fingerprint density at radius 1 is 0.960 bits per heavy atom. The summed E-state index contributed by atoms with van der Waals surface area (Å²) in [7, 11) is 0. The summed E-state index contributed by atoms with van der Waals surface area (Å²) in [5.74, 6) is 0.384. The molecular weight excluding hydrogens is 647 g/mol. The minimum Gasteiger partial charge on any atom is -0.381 e. The number of aliphatic hydroxyl groups is 1. The third-order valence-electron chi connectivity index (χ3n) is 10.0. The Morgan fingerprint density at radius 3 is 2.48 bits per heavy atom.